The molecule has 50 heavy (non-hydrogen) atoms. The molecule has 0 spiro atoms. The number of benzene rings is 4. The third-order valence-corrected chi connectivity index (χ3v) is 8.73. The van der Waals surface area contributed by atoms with E-state index in [9.17, 15) is 20.4 Å². The van der Waals surface area contributed by atoms with Gasteiger partial charge in [0.1, 0.15) is 40.6 Å². The third-order valence-electron chi connectivity index (χ3n) is 8.73. The van der Waals surface area contributed by atoms with E-state index in [0.29, 0.717) is 41.3 Å². The Morgan fingerprint density at radius 3 is 2.40 bits per heavy atom. The van der Waals surface area contributed by atoms with Gasteiger partial charge in [-0.15, -0.1) is 0 Å². The van der Waals surface area contributed by atoms with Crippen LogP contribution < -0.4 is 5.32 Å². The van der Waals surface area contributed by atoms with Crippen molar-refractivity contribution in [3.05, 3.63) is 161 Å². The molecule has 1 atom stereocenters. The molecule has 0 fully saturated rings. The number of hydrogen-bond acceptors (Lipinski definition) is 9. The highest BCUT2D eigenvalue weighted by molar-refractivity contribution is 6.13. The molecule has 1 aliphatic heterocycles. The predicted molar refractivity (Wildman–Crippen MR) is 198 cm³/mol. The van der Waals surface area contributed by atoms with Gasteiger partial charge in [-0.25, -0.2) is 9.98 Å². The average Bonchev–Trinajstić information content (AvgIpc) is 3.47. The van der Waals surface area contributed by atoms with Gasteiger partial charge in [0.05, 0.1) is 11.4 Å². The number of phenols is 2. The summed E-state index contributed by atoms with van der Waals surface area (Å²) in [4.78, 5) is 12.2. The Morgan fingerprint density at radius 2 is 1.66 bits per heavy atom. The van der Waals surface area contributed by atoms with E-state index < -0.39 is 0 Å². The number of nitrogens with zero attached hydrogens (tertiary/aromatic N) is 3. The summed E-state index contributed by atoms with van der Waals surface area (Å²) in [6, 6.07) is 29.0. The van der Waals surface area contributed by atoms with Gasteiger partial charge in [0.15, 0.2) is 5.84 Å². The largest absolute Gasteiger partial charge is 0.512 e. The highest BCUT2D eigenvalue weighted by Crippen LogP contribution is 2.40. The topological polar surface area (TPSA) is 134 Å². The summed E-state index contributed by atoms with van der Waals surface area (Å²) >= 11 is 0. The number of allylic oxidation sites excluding steroid dienone is 5. The van der Waals surface area contributed by atoms with Crippen LogP contribution in [0.5, 0.6) is 11.5 Å². The number of aliphatic imine (C=N–C) groups is 2. The zero-order valence-corrected chi connectivity index (χ0v) is 27.6. The van der Waals surface area contributed by atoms with Crippen LogP contribution in [0.25, 0.3) is 22.6 Å². The van der Waals surface area contributed by atoms with Crippen LogP contribution in [-0.2, 0) is 6.42 Å². The van der Waals surface area contributed by atoms with Crippen molar-refractivity contribution >= 4 is 40.0 Å². The summed E-state index contributed by atoms with van der Waals surface area (Å²) in [6.07, 6.45) is 5.47. The Bertz CT molecular complexity index is 2280. The van der Waals surface area contributed by atoms with Gasteiger partial charge in [0, 0.05) is 58.6 Å². The summed E-state index contributed by atoms with van der Waals surface area (Å²) in [6.45, 7) is 5.43. The van der Waals surface area contributed by atoms with Crippen molar-refractivity contribution in [1.29, 1.82) is 0 Å². The smallest absolute Gasteiger partial charge is 0.159 e. The molecule has 0 radical (unpaired) electrons. The van der Waals surface area contributed by atoms with E-state index in [1.807, 2.05) is 73.8 Å². The van der Waals surface area contributed by atoms with Crippen molar-refractivity contribution < 1.29 is 24.8 Å². The Morgan fingerprint density at radius 1 is 0.920 bits per heavy atom. The average molecular weight is 665 g/mol. The number of aliphatic hydroxyl groups excluding tert-OH is 2. The van der Waals surface area contributed by atoms with Crippen LogP contribution in [0.4, 0.5) is 5.69 Å². The molecule has 5 N–H and O–H groups in total. The summed E-state index contributed by atoms with van der Waals surface area (Å²) in [5, 5.41) is 45.1. The van der Waals surface area contributed by atoms with Gasteiger partial charge < -0.3 is 35.1 Å². The molecule has 7 rings (SSSR count). The Kier molecular flexibility index (Phi) is 8.47. The van der Waals surface area contributed by atoms with E-state index in [2.05, 4.69) is 35.0 Å². The molecule has 0 amide bonds. The molecule has 5 aromatic rings. The van der Waals surface area contributed by atoms with Crippen LogP contribution in [0.3, 0.4) is 0 Å². The van der Waals surface area contributed by atoms with Crippen LogP contribution in [0.2, 0.25) is 0 Å². The summed E-state index contributed by atoms with van der Waals surface area (Å²) in [5.41, 5.74) is 6.58. The predicted octanol–water partition coefficient (Wildman–Crippen LogP) is 9.00. The lowest BCUT2D eigenvalue weighted by Gasteiger charge is -2.32. The van der Waals surface area contributed by atoms with Crippen LogP contribution in [0, 0.1) is 0 Å². The van der Waals surface area contributed by atoms with Crippen LogP contribution in [0.15, 0.2) is 141 Å². The van der Waals surface area contributed by atoms with Gasteiger partial charge in [-0.2, -0.15) is 0 Å². The number of nitrogens with one attached hydrogen (secondary N) is 1. The SMILES string of the molecule is C=C(/C=C(O)\C=C(/C)O)c1cc(O)cc(O)c1NC1=Cc2oc3ccc(C4=NC(c5ccccc5)=NC(c5ccccc5)N4C)cc3c2CC1. The molecule has 2 heterocycles. The van der Waals surface area contributed by atoms with E-state index in [1.54, 1.807) is 0 Å². The number of aromatic hydroxyl groups is 2. The number of rotatable bonds is 8. The Balaban J connectivity index is 1.23. The molecule has 1 aromatic heterocycles. The molecule has 9 heteroatoms. The second-order valence-electron chi connectivity index (χ2n) is 12.4. The maximum absolute atomic E-state index is 10.8. The molecule has 0 saturated carbocycles. The zero-order valence-electron chi connectivity index (χ0n) is 27.6. The highest BCUT2D eigenvalue weighted by atomic mass is 16.3. The minimum absolute atomic E-state index is 0.0781. The number of phenolic OH excluding ortho intramolecular Hbond substituents is 2. The molecule has 9 nitrogen and oxygen atoms in total. The fraction of sp³-hybridized carbons (Fsp3) is 0.122. The molecule has 1 aliphatic carbocycles. The van der Waals surface area contributed by atoms with Crippen molar-refractivity contribution in [2.75, 3.05) is 12.4 Å². The minimum Gasteiger partial charge on any atom is -0.512 e. The van der Waals surface area contributed by atoms with Crippen molar-refractivity contribution in [1.82, 2.24) is 4.90 Å². The maximum atomic E-state index is 10.8. The molecule has 0 saturated heterocycles. The van der Waals surface area contributed by atoms with Crippen molar-refractivity contribution in [2.45, 2.75) is 25.9 Å². The number of anilines is 1. The molecule has 4 aromatic carbocycles. The first-order chi connectivity index (χ1) is 24.1. The number of aryl methyl sites for hydroxylation is 1. The first-order valence-corrected chi connectivity index (χ1v) is 16.2. The Hall–Kier alpha value is -6.48. The second-order valence-corrected chi connectivity index (χ2v) is 12.4. The third kappa shape index (κ3) is 6.36. The quantitative estimate of drug-likeness (QED) is 0.0484. The van der Waals surface area contributed by atoms with Gasteiger partial charge >= 0.3 is 0 Å². The van der Waals surface area contributed by atoms with Crippen molar-refractivity contribution in [3.63, 3.8) is 0 Å². The van der Waals surface area contributed by atoms with E-state index in [1.165, 1.54) is 31.2 Å². The first-order valence-electron chi connectivity index (χ1n) is 16.2. The molecule has 2 aliphatic rings. The van der Waals surface area contributed by atoms with Crippen LogP contribution >= 0.6 is 0 Å². The first kappa shape index (κ1) is 32.1. The van der Waals surface area contributed by atoms with Gasteiger partial charge in [-0.3, -0.25) is 0 Å². The fourth-order valence-electron chi connectivity index (χ4n) is 6.38. The lowest BCUT2D eigenvalue weighted by atomic mass is 9.96. The van der Waals surface area contributed by atoms with Gasteiger partial charge in [-0.05, 0) is 61.2 Å². The van der Waals surface area contributed by atoms with Crippen molar-refractivity contribution in [3.8, 4) is 11.5 Å². The minimum atomic E-state index is -0.253. The van der Waals surface area contributed by atoms with Crippen LogP contribution in [-0.4, -0.2) is 44.0 Å². The molecular weight excluding hydrogens is 628 g/mol. The van der Waals surface area contributed by atoms with Crippen molar-refractivity contribution in [2.24, 2.45) is 9.98 Å². The lowest BCUT2D eigenvalue weighted by molar-refractivity contribution is 0.383. The number of furan rings is 1. The lowest BCUT2D eigenvalue weighted by Crippen LogP contribution is -2.35. The monoisotopic (exact) mass is 664 g/mol. The summed E-state index contributed by atoms with van der Waals surface area (Å²) < 4.78 is 6.34. The molecule has 250 valence electrons. The van der Waals surface area contributed by atoms with E-state index in [4.69, 9.17) is 14.4 Å². The van der Waals surface area contributed by atoms with Gasteiger partial charge in [-0.1, -0.05) is 67.2 Å². The Labute approximate surface area is 289 Å². The number of amidine groups is 2. The normalized spacial score (nSPS) is 16.4. The summed E-state index contributed by atoms with van der Waals surface area (Å²) in [7, 11) is 2.01. The summed E-state index contributed by atoms with van der Waals surface area (Å²) in [5.74, 6) is 1.53. The van der Waals surface area contributed by atoms with Gasteiger partial charge in [0.2, 0.25) is 0 Å². The zero-order chi connectivity index (χ0) is 34.9. The fourth-order valence-corrected chi connectivity index (χ4v) is 6.38. The second kappa shape index (κ2) is 13.2. The van der Waals surface area contributed by atoms with E-state index in [-0.39, 0.29) is 29.2 Å². The van der Waals surface area contributed by atoms with E-state index >= 15 is 0 Å². The van der Waals surface area contributed by atoms with Gasteiger partial charge in [0.25, 0.3) is 0 Å². The molecule has 0 bridgehead atoms. The number of aliphatic hydroxyl groups is 2. The molecule has 1 unspecified atom stereocenters. The highest BCUT2D eigenvalue weighted by Gasteiger charge is 2.28. The number of fused-ring (bicyclic) bond motifs is 3. The standard InChI is InChI=1S/C41H36N4O5/c1-24(18-30(47)19-25(2)46)33-22-31(48)23-35(49)38(33)42-29-15-16-32-34-20-28(14-17-36(34)50-37(32)21-29)41-44-39(26-10-6-4-7-11-26)43-40(45(41)3)27-12-8-5-9-13-27/h4-14,17-23,40,42,46-49H,1,15-16H2,2-3H3/b25-19+,30-18+. The van der Waals surface area contributed by atoms with Crippen LogP contribution in [0.1, 0.15) is 53.1 Å². The number of hydrogen-bond donors (Lipinski definition) is 5. The molecular formula is C41H36N4O5. The maximum Gasteiger partial charge on any atom is 0.159 e. The van der Waals surface area contributed by atoms with E-state index in [0.717, 1.165) is 44.8 Å².